The quantitative estimate of drug-likeness (QED) is 0.788. The monoisotopic (exact) mass is 389 g/mol. The molecule has 0 saturated carbocycles. The summed E-state index contributed by atoms with van der Waals surface area (Å²) in [4.78, 5) is 13.3. The van der Waals surface area contributed by atoms with E-state index < -0.39 is 15.7 Å². The summed E-state index contributed by atoms with van der Waals surface area (Å²) in [6.45, 7) is 0. The summed E-state index contributed by atoms with van der Waals surface area (Å²) in [6, 6.07) is 9.15. The molecule has 8 heteroatoms. The second kappa shape index (κ2) is 7.13. The molecular weight excluding hydrogens is 377 g/mol. The minimum absolute atomic E-state index is 0.0308. The molecule has 1 amide bonds. The number of amides is 1. The van der Waals surface area contributed by atoms with E-state index >= 15 is 0 Å². The van der Waals surface area contributed by atoms with Crippen LogP contribution in [0.1, 0.15) is 10.4 Å². The second-order valence-electron chi connectivity index (χ2n) is 4.71. The van der Waals surface area contributed by atoms with Gasteiger partial charge < -0.3 is 5.32 Å². The van der Waals surface area contributed by atoms with Crippen molar-refractivity contribution >= 4 is 56.4 Å². The summed E-state index contributed by atoms with van der Waals surface area (Å²) in [5, 5.41) is 3.36. The van der Waals surface area contributed by atoms with Gasteiger partial charge in [-0.3, -0.25) is 4.79 Å². The van der Waals surface area contributed by atoms with Crippen LogP contribution >= 0.6 is 35.0 Å². The molecule has 4 nitrogen and oxygen atoms in total. The molecule has 0 unspecified atom stereocenters. The zero-order valence-electron chi connectivity index (χ0n) is 12.3. The van der Waals surface area contributed by atoms with Crippen molar-refractivity contribution in [3.63, 3.8) is 0 Å². The summed E-state index contributed by atoms with van der Waals surface area (Å²) < 4.78 is 23.3. The lowest BCUT2D eigenvalue weighted by molar-refractivity contribution is 0.102. The lowest BCUT2D eigenvalue weighted by atomic mass is 10.2. The number of nitrogens with one attached hydrogen (secondary N) is 1. The third-order valence-electron chi connectivity index (χ3n) is 3.02. The first-order valence-corrected chi connectivity index (χ1v) is 10.2. The van der Waals surface area contributed by atoms with Crippen molar-refractivity contribution in [1.29, 1.82) is 0 Å². The number of halogens is 2. The van der Waals surface area contributed by atoms with E-state index in [1.54, 1.807) is 18.2 Å². The number of thioether (sulfide) groups is 1. The largest absolute Gasteiger partial charge is 0.321 e. The van der Waals surface area contributed by atoms with Gasteiger partial charge in [0.05, 0.1) is 21.2 Å². The van der Waals surface area contributed by atoms with E-state index in [-0.39, 0.29) is 15.5 Å². The SMILES string of the molecule is CSc1ccc(Cl)cc1NC(=O)c1cc(S(C)(=O)=O)ccc1Cl. The Bertz CT molecular complexity index is 867. The molecule has 23 heavy (non-hydrogen) atoms. The second-order valence-corrected chi connectivity index (χ2v) is 8.42. The number of hydrogen-bond acceptors (Lipinski definition) is 4. The third kappa shape index (κ3) is 4.41. The van der Waals surface area contributed by atoms with E-state index in [0.717, 1.165) is 11.2 Å². The van der Waals surface area contributed by atoms with Gasteiger partial charge in [-0.15, -0.1) is 11.8 Å². The fourth-order valence-electron chi connectivity index (χ4n) is 1.88. The zero-order valence-corrected chi connectivity index (χ0v) is 15.4. The maximum atomic E-state index is 12.5. The topological polar surface area (TPSA) is 63.2 Å². The van der Waals surface area contributed by atoms with Crippen molar-refractivity contribution in [3.8, 4) is 0 Å². The molecule has 122 valence electrons. The molecule has 0 saturated heterocycles. The molecule has 2 aromatic carbocycles. The zero-order chi connectivity index (χ0) is 17.2. The predicted octanol–water partition coefficient (Wildman–Crippen LogP) is 4.37. The Morgan fingerprint density at radius 2 is 1.83 bits per heavy atom. The molecular formula is C15H13Cl2NO3S2. The van der Waals surface area contributed by atoms with E-state index in [9.17, 15) is 13.2 Å². The van der Waals surface area contributed by atoms with Crippen LogP contribution in [0.3, 0.4) is 0 Å². The average Bonchev–Trinajstić information content (AvgIpc) is 2.46. The third-order valence-corrected chi connectivity index (χ3v) is 5.49. The van der Waals surface area contributed by atoms with Gasteiger partial charge in [0.25, 0.3) is 5.91 Å². The molecule has 0 heterocycles. The van der Waals surface area contributed by atoms with Gasteiger partial charge in [0.1, 0.15) is 0 Å². The van der Waals surface area contributed by atoms with Crippen molar-refractivity contribution < 1.29 is 13.2 Å². The number of rotatable bonds is 4. The van der Waals surface area contributed by atoms with Crippen LogP contribution in [-0.2, 0) is 9.84 Å². The maximum Gasteiger partial charge on any atom is 0.257 e. The molecule has 2 aromatic rings. The van der Waals surface area contributed by atoms with Crippen LogP contribution in [0.15, 0.2) is 46.2 Å². The van der Waals surface area contributed by atoms with Gasteiger partial charge in [-0.25, -0.2) is 8.42 Å². The molecule has 0 fully saturated rings. The lowest BCUT2D eigenvalue weighted by Crippen LogP contribution is -2.14. The van der Waals surface area contributed by atoms with Crippen LogP contribution in [0.4, 0.5) is 5.69 Å². The highest BCUT2D eigenvalue weighted by Gasteiger charge is 2.16. The molecule has 0 aliphatic rings. The lowest BCUT2D eigenvalue weighted by Gasteiger charge is -2.11. The van der Waals surface area contributed by atoms with E-state index in [1.807, 2.05) is 6.26 Å². The fraction of sp³-hybridized carbons (Fsp3) is 0.133. The molecule has 0 aromatic heterocycles. The highest BCUT2D eigenvalue weighted by molar-refractivity contribution is 7.98. The molecule has 0 spiro atoms. The minimum atomic E-state index is -3.43. The van der Waals surface area contributed by atoms with Crippen LogP contribution in [0.2, 0.25) is 10.0 Å². The number of sulfone groups is 1. The summed E-state index contributed by atoms with van der Waals surface area (Å²) in [5.74, 6) is -0.502. The summed E-state index contributed by atoms with van der Waals surface area (Å²) in [5.41, 5.74) is 0.623. The van der Waals surface area contributed by atoms with Crippen molar-refractivity contribution in [2.24, 2.45) is 0 Å². The molecule has 0 radical (unpaired) electrons. The minimum Gasteiger partial charge on any atom is -0.321 e. The summed E-state index contributed by atoms with van der Waals surface area (Å²) >= 11 is 13.4. The highest BCUT2D eigenvalue weighted by atomic mass is 35.5. The average molecular weight is 390 g/mol. The summed E-state index contributed by atoms with van der Waals surface area (Å²) in [7, 11) is -3.43. The van der Waals surface area contributed by atoms with Crippen LogP contribution in [-0.4, -0.2) is 26.8 Å². The number of benzene rings is 2. The van der Waals surface area contributed by atoms with Crippen LogP contribution in [0.25, 0.3) is 0 Å². The Morgan fingerprint density at radius 3 is 2.43 bits per heavy atom. The molecule has 2 rings (SSSR count). The standard InChI is InChI=1S/C15H13Cl2NO3S2/c1-22-14-6-3-9(16)7-13(14)18-15(19)11-8-10(23(2,20)21)4-5-12(11)17/h3-8H,1-2H3,(H,18,19). The number of anilines is 1. The Balaban J connectivity index is 2.40. The van der Waals surface area contributed by atoms with Crippen molar-refractivity contribution in [2.75, 3.05) is 17.8 Å². The Hall–Kier alpha value is -1.21. The fourth-order valence-corrected chi connectivity index (χ4v) is 3.43. The first kappa shape index (κ1) is 18.1. The van der Waals surface area contributed by atoms with Gasteiger partial charge in [0.15, 0.2) is 9.84 Å². The number of hydrogen-bond donors (Lipinski definition) is 1. The van der Waals surface area contributed by atoms with Crippen molar-refractivity contribution in [1.82, 2.24) is 0 Å². The van der Waals surface area contributed by atoms with Crippen LogP contribution < -0.4 is 5.32 Å². The van der Waals surface area contributed by atoms with E-state index in [4.69, 9.17) is 23.2 Å². The maximum absolute atomic E-state index is 12.5. The normalized spacial score (nSPS) is 11.3. The first-order valence-electron chi connectivity index (χ1n) is 6.37. The smallest absolute Gasteiger partial charge is 0.257 e. The predicted molar refractivity (Wildman–Crippen MR) is 95.7 cm³/mol. The van der Waals surface area contributed by atoms with E-state index in [0.29, 0.717) is 10.7 Å². The first-order chi connectivity index (χ1) is 10.7. The number of carbonyl (C=O) groups excluding carboxylic acids is 1. The Kier molecular flexibility index (Phi) is 5.62. The Labute approximate surface area is 149 Å². The van der Waals surface area contributed by atoms with Gasteiger partial charge in [0, 0.05) is 16.2 Å². The molecule has 0 aliphatic heterocycles. The summed E-state index contributed by atoms with van der Waals surface area (Å²) in [6.07, 6.45) is 2.94. The molecule has 1 N–H and O–H groups in total. The van der Waals surface area contributed by atoms with Gasteiger partial charge in [-0.1, -0.05) is 23.2 Å². The van der Waals surface area contributed by atoms with E-state index in [1.165, 1.54) is 30.0 Å². The van der Waals surface area contributed by atoms with E-state index in [2.05, 4.69) is 5.32 Å². The van der Waals surface area contributed by atoms with Gasteiger partial charge >= 0.3 is 0 Å². The van der Waals surface area contributed by atoms with Crippen LogP contribution in [0, 0.1) is 0 Å². The van der Waals surface area contributed by atoms with Crippen LogP contribution in [0.5, 0.6) is 0 Å². The molecule has 0 bridgehead atoms. The molecule has 0 aliphatic carbocycles. The van der Waals surface area contributed by atoms with Crippen molar-refractivity contribution in [3.05, 3.63) is 52.0 Å². The Morgan fingerprint density at radius 1 is 1.13 bits per heavy atom. The van der Waals surface area contributed by atoms with Crippen molar-refractivity contribution in [2.45, 2.75) is 9.79 Å². The van der Waals surface area contributed by atoms with Gasteiger partial charge in [0.2, 0.25) is 0 Å². The van der Waals surface area contributed by atoms with Gasteiger partial charge in [-0.05, 0) is 42.7 Å². The van der Waals surface area contributed by atoms with Gasteiger partial charge in [-0.2, -0.15) is 0 Å². The molecule has 0 atom stereocenters. The highest BCUT2D eigenvalue weighted by Crippen LogP contribution is 2.29. The number of carbonyl (C=O) groups is 1.